The SMILES string of the molecule is COCCCOc1cccc(F)c1N=C=O. The molecule has 0 aliphatic heterocycles. The standard InChI is InChI=1S/C11H12FNO3/c1-15-6-3-7-16-10-5-2-4-9(12)11(10)13-8-14/h2,4-5H,3,6-7H2,1H3. The highest BCUT2D eigenvalue weighted by atomic mass is 19.1. The van der Waals surface area contributed by atoms with Crippen LogP contribution in [0.15, 0.2) is 23.2 Å². The second-order valence-corrected chi connectivity index (χ2v) is 2.98. The highest BCUT2D eigenvalue weighted by Gasteiger charge is 2.08. The molecule has 5 heteroatoms. The van der Waals surface area contributed by atoms with Gasteiger partial charge in [-0.2, -0.15) is 4.99 Å². The summed E-state index contributed by atoms with van der Waals surface area (Å²) in [6, 6.07) is 4.25. The Balaban J connectivity index is 2.71. The van der Waals surface area contributed by atoms with Gasteiger partial charge in [-0.3, -0.25) is 0 Å². The fourth-order valence-electron chi connectivity index (χ4n) is 1.15. The van der Waals surface area contributed by atoms with Gasteiger partial charge < -0.3 is 9.47 Å². The van der Waals surface area contributed by atoms with Gasteiger partial charge in [-0.15, -0.1) is 0 Å². The number of carbonyl (C=O) groups excluding carboxylic acids is 1. The Kier molecular flexibility index (Phi) is 5.19. The van der Waals surface area contributed by atoms with Gasteiger partial charge in [0.15, 0.2) is 11.5 Å². The fourth-order valence-corrected chi connectivity index (χ4v) is 1.15. The molecule has 0 atom stereocenters. The molecule has 0 heterocycles. The van der Waals surface area contributed by atoms with Crippen LogP contribution < -0.4 is 4.74 Å². The Hall–Kier alpha value is -1.71. The van der Waals surface area contributed by atoms with Crippen molar-refractivity contribution >= 4 is 11.8 Å². The number of aliphatic imine (C=N–C) groups is 1. The molecule has 4 nitrogen and oxygen atoms in total. The van der Waals surface area contributed by atoms with E-state index in [0.29, 0.717) is 19.6 Å². The average Bonchev–Trinajstić information content (AvgIpc) is 2.29. The normalized spacial score (nSPS) is 9.62. The van der Waals surface area contributed by atoms with Gasteiger partial charge in [0.05, 0.1) is 6.61 Å². The predicted octanol–water partition coefficient (Wildman–Crippen LogP) is 2.21. The summed E-state index contributed by atoms with van der Waals surface area (Å²) in [5.41, 5.74) is -0.116. The van der Waals surface area contributed by atoms with Crippen molar-refractivity contribution < 1.29 is 18.7 Å². The number of hydrogen-bond donors (Lipinski definition) is 0. The average molecular weight is 225 g/mol. The van der Waals surface area contributed by atoms with Gasteiger partial charge in [0.1, 0.15) is 5.75 Å². The van der Waals surface area contributed by atoms with Gasteiger partial charge in [-0.05, 0) is 12.1 Å². The van der Waals surface area contributed by atoms with Crippen molar-refractivity contribution in [1.29, 1.82) is 0 Å². The van der Waals surface area contributed by atoms with Crippen LogP contribution in [-0.2, 0) is 9.53 Å². The van der Waals surface area contributed by atoms with Crippen LogP contribution in [-0.4, -0.2) is 26.4 Å². The number of halogens is 1. The van der Waals surface area contributed by atoms with Gasteiger partial charge in [0.25, 0.3) is 0 Å². The molecular weight excluding hydrogens is 213 g/mol. The first kappa shape index (κ1) is 12.4. The lowest BCUT2D eigenvalue weighted by Gasteiger charge is -2.07. The molecule has 0 N–H and O–H groups in total. The van der Waals surface area contributed by atoms with E-state index >= 15 is 0 Å². The number of para-hydroxylation sites is 1. The molecule has 0 unspecified atom stereocenters. The second kappa shape index (κ2) is 6.71. The maximum atomic E-state index is 13.2. The zero-order chi connectivity index (χ0) is 11.8. The Morgan fingerprint density at radius 1 is 1.44 bits per heavy atom. The molecule has 0 fully saturated rings. The summed E-state index contributed by atoms with van der Waals surface area (Å²) in [6.45, 7) is 0.931. The van der Waals surface area contributed by atoms with Crippen LogP contribution in [0.3, 0.4) is 0 Å². The zero-order valence-electron chi connectivity index (χ0n) is 8.90. The largest absolute Gasteiger partial charge is 0.491 e. The van der Waals surface area contributed by atoms with E-state index < -0.39 is 5.82 Å². The molecule has 0 spiro atoms. The van der Waals surface area contributed by atoms with Crippen LogP contribution in [0.4, 0.5) is 10.1 Å². The molecule has 16 heavy (non-hydrogen) atoms. The molecular formula is C11H12FNO3. The van der Waals surface area contributed by atoms with Crippen molar-refractivity contribution in [2.24, 2.45) is 4.99 Å². The third kappa shape index (κ3) is 3.46. The van der Waals surface area contributed by atoms with E-state index in [-0.39, 0.29) is 11.4 Å². The highest BCUT2D eigenvalue weighted by molar-refractivity contribution is 5.58. The molecule has 0 radical (unpaired) electrons. The maximum Gasteiger partial charge on any atom is 0.240 e. The third-order valence-electron chi connectivity index (χ3n) is 1.86. The molecule has 0 saturated carbocycles. The van der Waals surface area contributed by atoms with E-state index in [1.54, 1.807) is 13.2 Å². The summed E-state index contributed by atoms with van der Waals surface area (Å²) < 4.78 is 23.4. The smallest absolute Gasteiger partial charge is 0.240 e. The lowest BCUT2D eigenvalue weighted by Crippen LogP contribution is -2.01. The van der Waals surface area contributed by atoms with Gasteiger partial charge in [0, 0.05) is 20.1 Å². The summed E-state index contributed by atoms with van der Waals surface area (Å²) in [4.78, 5) is 13.4. The first-order chi connectivity index (χ1) is 7.79. The second-order valence-electron chi connectivity index (χ2n) is 2.98. The van der Waals surface area contributed by atoms with Crippen LogP contribution in [0.5, 0.6) is 5.75 Å². The number of nitrogens with zero attached hydrogens (tertiary/aromatic N) is 1. The molecule has 0 aliphatic carbocycles. The molecule has 0 bridgehead atoms. The van der Waals surface area contributed by atoms with Crippen LogP contribution in [0.2, 0.25) is 0 Å². The Morgan fingerprint density at radius 3 is 2.94 bits per heavy atom. The first-order valence-corrected chi connectivity index (χ1v) is 4.77. The van der Waals surface area contributed by atoms with Crippen molar-refractivity contribution in [3.8, 4) is 5.75 Å². The van der Waals surface area contributed by atoms with Gasteiger partial charge in [-0.25, -0.2) is 9.18 Å². The van der Waals surface area contributed by atoms with E-state index in [1.807, 2.05) is 0 Å². The lowest BCUT2D eigenvalue weighted by atomic mass is 10.3. The van der Waals surface area contributed by atoms with Crippen LogP contribution >= 0.6 is 0 Å². The van der Waals surface area contributed by atoms with Crippen molar-refractivity contribution in [1.82, 2.24) is 0 Å². The third-order valence-corrected chi connectivity index (χ3v) is 1.86. The number of hydrogen-bond acceptors (Lipinski definition) is 4. The molecule has 0 aliphatic rings. The summed E-state index contributed by atoms with van der Waals surface area (Å²) >= 11 is 0. The molecule has 1 aromatic carbocycles. The minimum Gasteiger partial charge on any atom is -0.491 e. The Bertz CT molecular complexity index is 389. The number of benzene rings is 1. The van der Waals surface area contributed by atoms with E-state index in [4.69, 9.17) is 9.47 Å². The maximum absolute atomic E-state index is 13.2. The minimum absolute atomic E-state index is 0.116. The molecule has 86 valence electrons. The van der Waals surface area contributed by atoms with Gasteiger partial charge >= 0.3 is 0 Å². The van der Waals surface area contributed by atoms with Crippen LogP contribution in [0.25, 0.3) is 0 Å². The first-order valence-electron chi connectivity index (χ1n) is 4.77. The van der Waals surface area contributed by atoms with E-state index in [1.165, 1.54) is 18.2 Å². The summed E-state index contributed by atoms with van der Waals surface area (Å²) in [5.74, 6) is -0.368. The van der Waals surface area contributed by atoms with E-state index in [2.05, 4.69) is 4.99 Å². The van der Waals surface area contributed by atoms with E-state index in [0.717, 1.165) is 0 Å². The molecule has 0 saturated heterocycles. The molecule has 1 aromatic rings. The Morgan fingerprint density at radius 2 is 2.25 bits per heavy atom. The summed E-state index contributed by atoms with van der Waals surface area (Å²) in [7, 11) is 1.59. The van der Waals surface area contributed by atoms with Gasteiger partial charge in [-0.1, -0.05) is 6.07 Å². The van der Waals surface area contributed by atoms with Crippen molar-refractivity contribution in [3.05, 3.63) is 24.0 Å². The quantitative estimate of drug-likeness (QED) is 0.423. The lowest BCUT2D eigenvalue weighted by molar-refractivity contribution is 0.172. The number of isocyanates is 1. The van der Waals surface area contributed by atoms with Crippen LogP contribution in [0, 0.1) is 5.82 Å². The Labute approximate surface area is 92.7 Å². The summed E-state index contributed by atoms with van der Waals surface area (Å²) in [5, 5.41) is 0. The topological polar surface area (TPSA) is 47.9 Å². The van der Waals surface area contributed by atoms with Crippen molar-refractivity contribution in [2.75, 3.05) is 20.3 Å². The predicted molar refractivity (Wildman–Crippen MR) is 56.2 cm³/mol. The summed E-state index contributed by atoms with van der Waals surface area (Å²) in [6.07, 6.45) is 1.97. The fraction of sp³-hybridized carbons (Fsp3) is 0.364. The molecule has 1 rings (SSSR count). The van der Waals surface area contributed by atoms with E-state index in [9.17, 15) is 9.18 Å². The number of methoxy groups -OCH3 is 1. The van der Waals surface area contributed by atoms with Crippen molar-refractivity contribution in [2.45, 2.75) is 6.42 Å². The molecule has 0 aromatic heterocycles. The van der Waals surface area contributed by atoms with Gasteiger partial charge in [0.2, 0.25) is 6.08 Å². The zero-order valence-corrected chi connectivity index (χ0v) is 8.90. The monoisotopic (exact) mass is 225 g/mol. The number of ether oxygens (including phenoxy) is 2. The molecule has 0 amide bonds. The highest BCUT2D eigenvalue weighted by Crippen LogP contribution is 2.29. The van der Waals surface area contributed by atoms with Crippen molar-refractivity contribution in [3.63, 3.8) is 0 Å². The van der Waals surface area contributed by atoms with Crippen LogP contribution in [0.1, 0.15) is 6.42 Å². The number of rotatable bonds is 6. The minimum atomic E-state index is -0.604.